The smallest absolute Gasteiger partial charge is 0.330 e. The average Bonchev–Trinajstić information content (AvgIpc) is 3.31. The first kappa shape index (κ1) is 24.4. The molecule has 0 aliphatic carbocycles. The molecule has 3 unspecified atom stereocenters. The van der Waals surface area contributed by atoms with Gasteiger partial charge in [0.05, 0.1) is 6.61 Å². The molecule has 3 atom stereocenters. The topological polar surface area (TPSA) is 73.3 Å². The van der Waals surface area contributed by atoms with Crippen molar-refractivity contribution in [3.05, 3.63) is 140 Å². The van der Waals surface area contributed by atoms with E-state index in [1.54, 1.807) is 0 Å². The molecule has 0 bridgehead atoms. The van der Waals surface area contributed by atoms with Crippen molar-refractivity contribution in [3.63, 3.8) is 0 Å². The summed E-state index contributed by atoms with van der Waals surface area (Å²) in [5, 5.41) is 0. The molecule has 1 aliphatic heterocycles. The minimum Gasteiger partial charge on any atom is -0.358 e. The Balaban J connectivity index is 1.50. The molecule has 0 saturated carbocycles. The van der Waals surface area contributed by atoms with E-state index in [0.29, 0.717) is 0 Å². The summed E-state index contributed by atoms with van der Waals surface area (Å²) in [6, 6.07) is 29.3. The van der Waals surface area contributed by atoms with Crippen molar-refractivity contribution in [1.82, 2.24) is 9.55 Å². The first-order valence-electron chi connectivity index (χ1n) is 11.9. The van der Waals surface area contributed by atoms with Crippen LogP contribution in [0.25, 0.3) is 0 Å². The predicted molar refractivity (Wildman–Crippen MR) is 138 cm³/mol. The molecule has 4 aromatic rings. The van der Waals surface area contributed by atoms with E-state index in [1.807, 2.05) is 91.0 Å². The van der Waals surface area contributed by atoms with E-state index in [9.17, 15) is 9.59 Å². The summed E-state index contributed by atoms with van der Waals surface area (Å²) in [7, 11) is 0. The standard InChI is InChI=1S/C30H25FN2O4/c1-2-21-19-33(29(35)32-28(21)34)27-18-25(31)26(37-27)20-36-30(22-12-6-3-7-13-22,23-14-8-4-9-15-23)24-16-10-5-11-17-24/h1,3-17,19,25-27H,18,20H2,(H,32,34,35). The van der Waals surface area contributed by atoms with E-state index in [4.69, 9.17) is 15.9 Å². The van der Waals surface area contributed by atoms with Crippen LogP contribution in [0.4, 0.5) is 4.39 Å². The molecule has 186 valence electrons. The Morgan fingerprint density at radius 1 is 0.946 bits per heavy atom. The van der Waals surface area contributed by atoms with E-state index in [-0.39, 0.29) is 18.6 Å². The van der Waals surface area contributed by atoms with Crippen LogP contribution in [0, 0.1) is 12.3 Å². The molecule has 0 radical (unpaired) electrons. The minimum atomic E-state index is -1.40. The van der Waals surface area contributed by atoms with Gasteiger partial charge in [-0.05, 0) is 16.7 Å². The largest absolute Gasteiger partial charge is 0.358 e. The number of halogens is 1. The normalized spacial score (nSPS) is 19.4. The van der Waals surface area contributed by atoms with Crippen molar-refractivity contribution in [2.24, 2.45) is 0 Å². The summed E-state index contributed by atoms with van der Waals surface area (Å²) in [6.07, 6.45) is 3.22. The van der Waals surface area contributed by atoms with Gasteiger partial charge in [0.1, 0.15) is 29.7 Å². The Morgan fingerprint density at radius 3 is 1.95 bits per heavy atom. The maximum absolute atomic E-state index is 15.3. The summed E-state index contributed by atoms with van der Waals surface area (Å²) in [4.78, 5) is 26.4. The number of hydrogen-bond acceptors (Lipinski definition) is 4. The van der Waals surface area contributed by atoms with Gasteiger partial charge in [0.15, 0.2) is 0 Å². The molecule has 1 N–H and O–H groups in total. The molecule has 0 spiro atoms. The highest BCUT2D eigenvalue weighted by atomic mass is 19.1. The summed E-state index contributed by atoms with van der Waals surface area (Å²) in [5.74, 6) is 2.23. The van der Waals surface area contributed by atoms with Crippen LogP contribution in [-0.2, 0) is 15.1 Å². The van der Waals surface area contributed by atoms with E-state index in [0.717, 1.165) is 21.3 Å². The molecule has 7 heteroatoms. The molecule has 1 aromatic heterocycles. The van der Waals surface area contributed by atoms with Crippen molar-refractivity contribution in [3.8, 4) is 12.3 Å². The van der Waals surface area contributed by atoms with Crippen LogP contribution in [0.3, 0.4) is 0 Å². The van der Waals surface area contributed by atoms with Crippen LogP contribution < -0.4 is 11.2 Å². The molecule has 0 amide bonds. The first-order chi connectivity index (χ1) is 18.0. The number of nitrogens with one attached hydrogen (secondary N) is 1. The Labute approximate surface area is 213 Å². The van der Waals surface area contributed by atoms with E-state index in [1.165, 1.54) is 6.20 Å². The third kappa shape index (κ3) is 4.65. The molecule has 2 heterocycles. The predicted octanol–water partition coefficient (Wildman–Crippen LogP) is 4.15. The van der Waals surface area contributed by atoms with Crippen molar-refractivity contribution < 1.29 is 13.9 Å². The number of aromatic amines is 1. The van der Waals surface area contributed by atoms with Gasteiger partial charge in [0.25, 0.3) is 5.56 Å². The monoisotopic (exact) mass is 496 g/mol. The zero-order chi connectivity index (χ0) is 25.8. The number of H-pyrrole nitrogens is 1. The lowest BCUT2D eigenvalue weighted by molar-refractivity contribution is -0.0868. The van der Waals surface area contributed by atoms with E-state index < -0.39 is 35.4 Å². The molecule has 1 aliphatic rings. The first-order valence-corrected chi connectivity index (χ1v) is 11.9. The average molecular weight is 497 g/mol. The van der Waals surface area contributed by atoms with Gasteiger partial charge >= 0.3 is 5.69 Å². The third-order valence-electron chi connectivity index (χ3n) is 6.60. The molecule has 1 fully saturated rings. The second kappa shape index (κ2) is 10.4. The fourth-order valence-corrected chi connectivity index (χ4v) is 4.79. The fraction of sp³-hybridized carbons (Fsp3) is 0.200. The van der Waals surface area contributed by atoms with Crippen LogP contribution in [-0.4, -0.2) is 28.4 Å². The van der Waals surface area contributed by atoms with Crippen LogP contribution >= 0.6 is 0 Å². The van der Waals surface area contributed by atoms with Crippen molar-refractivity contribution in [2.45, 2.75) is 30.5 Å². The molecule has 6 nitrogen and oxygen atoms in total. The zero-order valence-corrected chi connectivity index (χ0v) is 19.9. The number of benzene rings is 3. The van der Waals surface area contributed by atoms with Crippen molar-refractivity contribution in [2.75, 3.05) is 6.61 Å². The molecular weight excluding hydrogens is 471 g/mol. The quantitative estimate of drug-likeness (QED) is 0.308. The van der Waals surface area contributed by atoms with Crippen LogP contribution in [0.2, 0.25) is 0 Å². The van der Waals surface area contributed by atoms with Gasteiger partial charge in [0.2, 0.25) is 0 Å². The highest BCUT2D eigenvalue weighted by Crippen LogP contribution is 2.41. The van der Waals surface area contributed by atoms with Gasteiger partial charge in [-0.1, -0.05) is 96.9 Å². The minimum absolute atomic E-state index is 0.0328. The molecule has 37 heavy (non-hydrogen) atoms. The molecule has 3 aromatic carbocycles. The summed E-state index contributed by atoms with van der Waals surface area (Å²) in [5.41, 5.74) is 0.200. The van der Waals surface area contributed by atoms with Gasteiger partial charge < -0.3 is 9.47 Å². The lowest BCUT2D eigenvalue weighted by Gasteiger charge is -2.36. The van der Waals surface area contributed by atoms with Crippen LogP contribution in [0.1, 0.15) is 34.9 Å². The van der Waals surface area contributed by atoms with Gasteiger partial charge in [-0.2, -0.15) is 0 Å². The van der Waals surface area contributed by atoms with Gasteiger partial charge in [-0.3, -0.25) is 14.3 Å². The maximum atomic E-state index is 15.3. The molecular formula is C30H25FN2O4. The van der Waals surface area contributed by atoms with Gasteiger partial charge in [0, 0.05) is 12.6 Å². The van der Waals surface area contributed by atoms with E-state index in [2.05, 4.69) is 10.9 Å². The summed E-state index contributed by atoms with van der Waals surface area (Å²) < 4.78 is 29.0. The zero-order valence-electron chi connectivity index (χ0n) is 19.9. The van der Waals surface area contributed by atoms with Gasteiger partial charge in [-0.25, -0.2) is 9.18 Å². The number of nitrogens with zero attached hydrogens (tertiary/aromatic N) is 1. The Kier molecular flexibility index (Phi) is 6.87. The Hall–Kier alpha value is -4.25. The van der Waals surface area contributed by atoms with Crippen molar-refractivity contribution in [1.29, 1.82) is 0 Å². The van der Waals surface area contributed by atoms with Crippen LogP contribution in [0.5, 0.6) is 0 Å². The Bertz CT molecular complexity index is 1410. The number of alkyl halides is 1. The highest BCUT2D eigenvalue weighted by molar-refractivity contribution is 5.47. The number of terminal acetylenes is 1. The Morgan fingerprint density at radius 2 is 1.46 bits per heavy atom. The number of rotatable bonds is 7. The summed E-state index contributed by atoms with van der Waals surface area (Å²) in [6.45, 7) is -0.0869. The lowest BCUT2D eigenvalue weighted by Crippen LogP contribution is -2.37. The number of aromatic nitrogens is 2. The second-order valence-electron chi connectivity index (χ2n) is 8.82. The SMILES string of the molecule is C#Cc1cn(C2CC(F)C(COC(c3ccccc3)(c3ccccc3)c3ccccc3)O2)c(=O)[nH]c1=O. The maximum Gasteiger partial charge on any atom is 0.330 e. The van der Waals surface area contributed by atoms with E-state index >= 15 is 4.39 Å². The summed E-state index contributed by atoms with van der Waals surface area (Å²) >= 11 is 0. The van der Waals surface area contributed by atoms with Crippen molar-refractivity contribution >= 4 is 0 Å². The van der Waals surface area contributed by atoms with Crippen LogP contribution in [0.15, 0.2) is 107 Å². The number of hydrogen-bond donors (Lipinski definition) is 1. The highest BCUT2D eigenvalue weighted by Gasteiger charge is 2.42. The fourth-order valence-electron chi connectivity index (χ4n) is 4.79. The third-order valence-corrected chi connectivity index (χ3v) is 6.60. The molecule has 5 rings (SSSR count). The lowest BCUT2D eigenvalue weighted by atomic mass is 9.80. The van der Waals surface area contributed by atoms with Gasteiger partial charge in [-0.15, -0.1) is 6.42 Å². The molecule has 1 saturated heterocycles. The second-order valence-corrected chi connectivity index (χ2v) is 8.82. The number of ether oxygens (including phenoxy) is 2.